The number of nitrogens with zero attached hydrogens (tertiary/aromatic N) is 2. The molecular weight excluding hydrogens is 359 g/mol. The number of para-hydroxylation sites is 1. The van der Waals surface area contributed by atoms with Gasteiger partial charge in [0.25, 0.3) is 0 Å². The van der Waals surface area contributed by atoms with Crippen LogP contribution in [0.3, 0.4) is 0 Å². The average Bonchev–Trinajstić information content (AvgIpc) is 3.13. The Labute approximate surface area is 153 Å². The van der Waals surface area contributed by atoms with Crippen molar-refractivity contribution in [2.45, 2.75) is 32.0 Å². The molecule has 0 aliphatic rings. The maximum atomic E-state index is 12.7. The summed E-state index contributed by atoms with van der Waals surface area (Å²) >= 11 is 0. The summed E-state index contributed by atoms with van der Waals surface area (Å²) in [5.74, 6) is 0.304. The molecule has 1 heterocycles. The standard InChI is InChI=1S/C19H18F3N3O2/c1-3-18(2,26)17-25-24-16(27-17)14-6-4-5-7-15(14)23-13-10-8-12(9-11-13)19(20,21)22/h4-11,23,26H,3H2,1-2H3. The van der Waals surface area contributed by atoms with Crippen LogP contribution in [0.25, 0.3) is 11.5 Å². The average molecular weight is 377 g/mol. The van der Waals surface area contributed by atoms with Crippen molar-refractivity contribution in [3.8, 4) is 11.5 Å². The normalized spacial score (nSPS) is 14.0. The van der Waals surface area contributed by atoms with E-state index in [4.69, 9.17) is 4.42 Å². The Hall–Kier alpha value is -2.87. The molecule has 2 aromatic carbocycles. The van der Waals surface area contributed by atoms with Gasteiger partial charge in [-0.1, -0.05) is 19.1 Å². The summed E-state index contributed by atoms with van der Waals surface area (Å²) < 4.78 is 43.7. The van der Waals surface area contributed by atoms with Crippen LogP contribution in [-0.2, 0) is 11.8 Å². The second-order valence-electron chi connectivity index (χ2n) is 6.29. The number of aliphatic hydroxyl groups is 1. The van der Waals surface area contributed by atoms with E-state index in [1.807, 2.05) is 0 Å². The molecule has 1 aromatic heterocycles. The Balaban J connectivity index is 1.89. The summed E-state index contributed by atoms with van der Waals surface area (Å²) in [5.41, 5.74) is -0.312. The zero-order valence-electron chi connectivity index (χ0n) is 14.7. The van der Waals surface area contributed by atoms with E-state index in [1.54, 1.807) is 38.1 Å². The third-order valence-electron chi connectivity index (χ3n) is 4.22. The van der Waals surface area contributed by atoms with Crippen molar-refractivity contribution in [2.24, 2.45) is 0 Å². The van der Waals surface area contributed by atoms with Gasteiger partial charge in [0.1, 0.15) is 5.60 Å². The molecule has 2 N–H and O–H groups in total. The Bertz CT molecular complexity index is 918. The number of alkyl halides is 3. The van der Waals surface area contributed by atoms with Crippen LogP contribution < -0.4 is 5.32 Å². The fourth-order valence-corrected chi connectivity index (χ4v) is 2.38. The van der Waals surface area contributed by atoms with Gasteiger partial charge in [-0.05, 0) is 49.7 Å². The molecular formula is C19H18F3N3O2. The molecule has 3 aromatic rings. The van der Waals surface area contributed by atoms with Crippen LogP contribution in [0.2, 0.25) is 0 Å². The van der Waals surface area contributed by atoms with Gasteiger partial charge in [0, 0.05) is 5.69 Å². The minimum Gasteiger partial charge on any atom is -0.417 e. The highest BCUT2D eigenvalue weighted by Crippen LogP contribution is 2.33. The first kappa shape index (κ1) is 18.9. The summed E-state index contributed by atoms with van der Waals surface area (Å²) in [4.78, 5) is 0. The van der Waals surface area contributed by atoms with Gasteiger partial charge in [-0.3, -0.25) is 0 Å². The Morgan fingerprint density at radius 2 is 1.70 bits per heavy atom. The summed E-state index contributed by atoms with van der Waals surface area (Å²) in [6, 6.07) is 11.7. The highest BCUT2D eigenvalue weighted by molar-refractivity contribution is 5.76. The van der Waals surface area contributed by atoms with Crippen molar-refractivity contribution in [3.05, 3.63) is 60.0 Å². The van der Waals surface area contributed by atoms with Gasteiger partial charge in [0.15, 0.2) is 0 Å². The molecule has 0 spiro atoms. The molecule has 1 atom stereocenters. The van der Waals surface area contributed by atoms with E-state index in [-0.39, 0.29) is 11.8 Å². The largest absolute Gasteiger partial charge is 0.417 e. The molecule has 142 valence electrons. The third-order valence-corrected chi connectivity index (χ3v) is 4.22. The van der Waals surface area contributed by atoms with Crippen molar-refractivity contribution in [1.82, 2.24) is 10.2 Å². The number of aromatic nitrogens is 2. The SMILES string of the molecule is CCC(C)(O)c1nnc(-c2ccccc2Nc2ccc(C(F)(F)F)cc2)o1. The van der Waals surface area contributed by atoms with E-state index >= 15 is 0 Å². The van der Waals surface area contributed by atoms with Gasteiger partial charge in [0.05, 0.1) is 16.8 Å². The van der Waals surface area contributed by atoms with Crippen LogP contribution >= 0.6 is 0 Å². The molecule has 0 bridgehead atoms. The van der Waals surface area contributed by atoms with Crippen molar-refractivity contribution in [1.29, 1.82) is 0 Å². The highest BCUT2D eigenvalue weighted by Gasteiger charge is 2.30. The molecule has 0 saturated carbocycles. The van der Waals surface area contributed by atoms with Crippen LogP contribution in [0.4, 0.5) is 24.5 Å². The zero-order chi connectivity index (χ0) is 19.7. The van der Waals surface area contributed by atoms with Crippen LogP contribution in [0.15, 0.2) is 52.9 Å². The van der Waals surface area contributed by atoms with Crippen LogP contribution in [0.1, 0.15) is 31.7 Å². The van der Waals surface area contributed by atoms with Gasteiger partial charge in [-0.2, -0.15) is 13.2 Å². The number of anilines is 2. The first-order chi connectivity index (χ1) is 12.7. The lowest BCUT2D eigenvalue weighted by molar-refractivity contribution is -0.137. The van der Waals surface area contributed by atoms with Crippen molar-refractivity contribution < 1.29 is 22.7 Å². The maximum absolute atomic E-state index is 12.7. The summed E-state index contributed by atoms with van der Waals surface area (Å²) in [7, 11) is 0. The van der Waals surface area contributed by atoms with Gasteiger partial charge in [0.2, 0.25) is 11.8 Å². The molecule has 1 unspecified atom stereocenters. The molecule has 8 heteroatoms. The van der Waals surface area contributed by atoms with Crippen LogP contribution in [0, 0.1) is 0 Å². The summed E-state index contributed by atoms with van der Waals surface area (Å²) in [5, 5.41) is 21.2. The Morgan fingerprint density at radius 1 is 1.04 bits per heavy atom. The minimum absolute atomic E-state index is 0.101. The lowest BCUT2D eigenvalue weighted by Gasteiger charge is -2.15. The van der Waals surface area contributed by atoms with Crippen molar-refractivity contribution in [2.75, 3.05) is 5.32 Å². The predicted octanol–water partition coefficient (Wildman–Crippen LogP) is 5.12. The van der Waals surface area contributed by atoms with Crippen molar-refractivity contribution >= 4 is 11.4 Å². The lowest BCUT2D eigenvalue weighted by Crippen LogP contribution is -2.19. The predicted molar refractivity (Wildman–Crippen MR) is 94.3 cm³/mol. The Morgan fingerprint density at radius 3 is 2.33 bits per heavy atom. The van der Waals surface area contributed by atoms with E-state index in [2.05, 4.69) is 15.5 Å². The molecule has 0 saturated heterocycles. The third kappa shape index (κ3) is 4.11. The summed E-state index contributed by atoms with van der Waals surface area (Å²) in [6.07, 6.45) is -3.98. The molecule has 0 radical (unpaired) electrons. The van der Waals surface area contributed by atoms with E-state index in [1.165, 1.54) is 12.1 Å². The number of hydrogen-bond acceptors (Lipinski definition) is 5. The maximum Gasteiger partial charge on any atom is 0.416 e. The van der Waals surface area contributed by atoms with Gasteiger partial charge in [-0.25, -0.2) is 0 Å². The number of hydrogen-bond donors (Lipinski definition) is 2. The number of benzene rings is 2. The fraction of sp³-hybridized carbons (Fsp3) is 0.263. The van der Waals surface area contributed by atoms with E-state index in [0.29, 0.717) is 23.4 Å². The fourth-order valence-electron chi connectivity index (χ4n) is 2.38. The van der Waals surface area contributed by atoms with E-state index in [0.717, 1.165) is 12.1 Å². The Kier molecular flexibility index (Phi) is 4.93. The monoisotopic (exact) mass is 377 g/mol. The van der Waals surface area contributed by atoms with Gasteiger partial charge < -0.3 is 14.8 Å². The molecule has 0 aliphatic heterocycles. The molecule has 0 fully saturated rings. The zero-order valence-corrected chi connectivity index (χ0v) is 14.7. The second-order valence-corrected chi connectivity index (χ2v) is 6.29. The quantitative estimate of drug-likeness (QED) is 0.646. The molecule has 5 nitrogen and oxygen atoms in total. The van der Waals surface area contributed by atoms with Crippen LogP contribution in [-0.4, -0.2) is 15.3 Å². The van der Waals surface area contributed by atoms with Gasteiger partial charge in [-0.15, -0.1) is 10.2 Å². The highest BCUT2D eigenvalue weighted by atomic mass is 19.4. The molecule has 0 aliphatic carbocycles. The smallest absolute Gasteiger partial charge is 0.416 e. The van der Waals surface area contributed by atoms with Crippen LogP contribution in [0.5, 0.6) is 0 Å². The molecule has 0 amide bonds. The number of rotatable bonds is 5. The van der Waals surface area contributed by atoms with Crippen molar-refractivity contribution in [3.63, 3.8) is 0 Å². The topological polar surface area (TPSA) is 71.2 Å². The minimum atomic E-state index is -4.38. The summed E-state index contributed by atoms with van der Waals surface area (Å²) in [6.45, 7) is 3.38. The van der Waals surface area contributed by atoms with E-state index in [9.17, 15) is 18.3 Å². The first-order valence-corrected chi connectivity index (χ1v) is 8.31. The van der Waals surface area contributed by atoms with E-state index < -0.39 is 17.3 Å². The molecule has 3 rings (SSSR count). The first-order valence-electron chi connectivity index (χ1n) is 8.31. The van der Waals surface area contributed by atoms with Gasteiger partial charge >= 0.3 is 6.18 Å². The number of halogens is 3. The molecule has 27 heavy (non-hydrogen) atoms. The second kappa shape index (κ2) is 7.03. The lowest BCUT2D eigenvalue weighted by atomic mass is 10.0. The number of nitrogens with one attached hydrogen (secondary N) is 1.